The van der Waals surface area contributed by atoms with Crippen molar-refractivity contribution in [1.82, 2.24) is 19.3 Å². The lowest BCUT2D eigenvalue weighted by Gasteiger charge is -2.12. The number of benzene rings is 1. The second-order valence-electron chi connectivity index (χ2n) is 8.89. The van der Waals surface area contributed by atoms with E-state index in [1.54, 1.807) is 0 Å². The Labute approximate surface area is 181 Å². The van der Waals surface area contributed by atoms with Crippen molar-refractivity contribution < 1.29 is 4.79 Å². The standard InChI is InChI=1S/C24H28N4OS/c1-14-9-15(2)11-20(10-14)27-16(3)12-21(17(27)4)22(29)13-30-24-26-25-23(18-5-6-18)28(24)19-7-8-19/h9-12,18-19H,5-8,13H2,1-4H3. The largest absolute Gasteiger partial charge is 0.318 e. The van der Waals surface area contributed by atoms with Crippen molar-refractivity contribution >= 4 is 17.5 Å². The number of aromatic nitrogens is 4. The van der Waals surface area contributed by atoms with Gasteiger partial charge in [0.1, 0.15) is 5.82 Å². The average molecular weight is 421 g/mol. The van der Waals surface area contributed by atoms with Gasteiger partial charge in [0.05, 0.1) is 5.75 Å². The van der Waals surface area contributed by atoms with E-state index in [-0.39, 0.29) is 5.78 Å². The molecule has 2 aromatic heterocycles. The smallest absolute Gasteiger partial charge is 0.191 e. The predicted octanol–water partition coefficient (Wildman–Crippen LogP) is 5.49. The minimum absolute atomic E-state index is 0.155. The van der Waals surface area contributed by atoms with Crippen molar-refractivity contribution in [3.05, 3.63) is 58.2 Å². The third kappa shape index (κ3) is 3.62. The Morgan fingerprint density at radius 1 is 1.00 bits per heavy atom. The number of hydrogen-bond acceptors (Lipinski definition) is 4. The maximum atomic E-state index is 13.1. The fourth-order valence-electron chi connectivity index (χ4n) is 4.41. The molecule has 3 aromatic rings. The molecule has 0 radical (unpaired) electrons. The van der Waals surface area contributed by atoms with Gasteiger partial charge < -0.3 is 9.13 Å². The van der Waals surface area contributed by atoms with Crippen LogP contribution in [0.2, 0.25) is 0 Å². The second kappa shape index (κ2) is 7.41. The van der Waals surface area contributed by atoms with E-state index in [1.807, 2.05) is 13.0 Å². The van der Waals surface area contributed by atoms with Crippen molar-refractivity contribution in [2.75, 3.05) is 5.75 Å². The van der Waals surface area contributed by atoms with E-state index in [0.29, 0.717) is 17.7 Å². The number of carbonyl (C=O) groups excluding carboxylic acids is 1. The SMILES string of the molecule is Cc1cc(C)cc(-n2c(C)cc(C(=O)CSc3nnc(C4CC4)n3C3CC3)c2C)c1. The van der Waals surface area contributed by atoms with E-state index < -0.39 is 0 Å². The van der Waals surface area contributed by atoms with Gasteiger partial charge in [0.2, 0.25) is 0 Å². The lowest BCUT2D eigenvalue weighted by atomic mass is 10.1. The van der Waals surface area contributed by atoms with Crippen molar-refractivity contribution in [3.8, 4) is 5.69 Å². The summed E-state index contributed by atoms with van der Waals surface area (Å²) in [4.78, 5) is 13.1. The van der Waals surface area contributed by atoms with E-state index in [1.165, 1.54) is 48.6 Å². The Hall–Kier alpha value is -2.34. The summed E-state index contributed by atoms with van der Waals surface area (Å²) in [5, 5.41) is 9.81. The van der Waals surface area contributed by atoms with Gasteiger partial charge in [-0.1, -0.05) is 17.8 Å². The third-order valence-corrected chi connectivity index (χ3v) is 7.02. The summed E-state index contributed by atoms with van der Waals surface area (Å²) in [5.41, 5.74) is 6.47. The Bertz CT molecular complexity index is 1110. The van der Waals surface area contributed by atoms with Gasteiger partial charge in [0, 0.05) is 34.6 Å². The van der Waals surface area contributed by atoms with Crippen LogP contribution >= 0.6 is 11.8 Å². The van der Waals surface area contributed by atoms with Crippen molar-refractivity contribution in [3.63, 3.8) is 0 Å². The van der Waals surface area contributed by atoms with Crippen LogP contribution < -0.4 is 0 Å². The van der Waals surface area contributed by atoms with E-state index >= 15 is 0 Å². The van der Waals surface area contributed by atoms with Crippen LogP contribution in [0.5, 0.6) is 0 Å². The molecule has 0 unspecified atom stereocenters. The van der Waals surface area contributed by atoms with E-state index in [0.717, 1.165) is 33.6 Å². The summed E-state index contributed by atoms with van der Waals surface area (Å²) in [6.45, 7) is 8.33. The molecule has 0 bridgehead atoms. The third-order valence-electron chi connectivity index (χ3n) is 6.07. The molecule has 5 rings (SSSR count). The quantitative estimate of drug-likeness (QED) is 0.375. The molecule has 2 aliphatic carbocycles. The summed E-state index contributed by atoms with van der Waals surface area (Å²) in [5.74, 6) is 2.27. The highest BCUT2D eigenvalue weighted by Gasteiger charge is 2.36. The van der Waals surface area contributed by atoms with Gasteiger partial charge in [0.15, 0.2) is 10.9 Å². The summed E-state index contributed by atoms with van der Waals surface area (Å²) in [6.07, 6.45) is 4.85. The summed E-state index contributed by atoms with van der Waals surface area (Å²) < 4.78 is 4.50. The van der Waals surface area contributed by atoms with E-state index in [9.17, 15) is 4.79 Å². The van der Waals surface area contributed by atoms with Crippen molar-refractivity contribution in [2.24, 2.45) is 0 Å². The molecule has 0 saturated heterocycles. The van der Waals surface area contributed by atoms with E-state index in [4.69, 9.17) is 0 Å². The number of Topliss-reactive ketones (excluding diaryl/α,β-unsaturated/α-hetero) is 1. The first-order valence-electron chi connectivity index (χ1n) is 10.8. The zero-order valence-corrected chi connectivity index (χ0v) is 18.9. The zero-order valence-electron chi connectivity index (χ0n) is 18.1. The number of nitrogens with zero attached hydrogens (tertiary/aromatic N) is 4. The molecule has 2 fully saturated rings. The molecule has 2 saturated carbocycles. The molecule has 1 aromatic carbocycles. The number of hydrogen-bond donors (Lipinski definition) is 0. The Morgan fingerprint density at radius 2 is 1.70 bits per heavy atom. The lowest BCUT2D eigenvalue weighted by Crippen LogP contribution is -2.07. The highest BCUT2D eigenvalue weighted by atomic mass is 32.2. The topological polar surface area (TPSA) is 52.7 Å². The van der Waals surface area contributed by atoms with Crippen LogP contribution in [0.1, 0.15) is 76.3 Å². The van der Waals surface area contributed by atoms with Crippen LogP contribution in [0.4, 0.5) is 0 Å². The molecule has 0 atom stereocenters. The van der Waals surface area contributed by atoms with Gasteiger partial charge in [-0.2, -0.15) is 0 Å². The summed E-state index contributed by atoms with van der Waals surface area (Å²) >= 11 is 1.54. The average Bonchev–Trinajstić information content (AvgIpc) is 3.62. The number of carbonyl (C=O) groups is 1. The van der Waals surface area contributed by atoms with Crippen LogP contribution in [-0.2, 0) is 0 Å². The van der Waals surface area contributed by atoms with Gasteiger partial charge in [-0.15, -0.1) is 10.2 Å². The first-order chi connectivity index (χ1) is 14.4. The van der Waals surface area contributed by atoms with Crippen LogP contribution in [0, 0.1) is 27.7 Å². The Balaban J connectivity index is 1.37. The maximum absolute atomic E-state index is 13.1. The van der Waals surface area contributed by atoms with Crippen molar-refractivity contribution in [2.45, 2.75) is 70.5 Å². The first-order valence-corrected chi connectivity index (χ1v) is 11.8. The molecule has 30 heavy (non-hydrogen) atoms. The molecule has 0 N–H and O–H groups in total. The van der Waals surface area contributed by atoms with Gasteiger partial charge in [0.25, 0.3) is 0 Å². The van der Waals surface area contributed by atoms with Crippen LogP contribution in [-0.4, -0.2) is 30.9 Å². The molecule has 0 amide bonds. The first kappa shape index (κ1) is 19.6. The Kier molecular flexibility index (Phi) is 4.85. The van der Waals surface area contributed by atoms with Gasteiger partial charge in [-0.3, -0.25) is 4.79 Å². The summed E-state index contributed by atoms with van der Waals surface area (Å²) in [7, 11) is 0. The predicted molar refractivity (Wildman–Crippen MR) is 120 cm³/mol. The normalized spacial score (nSPS) is 16.3. The second-order valence-corrected chi connectivity index (χ2v) is 9.84. The van der Waals surface area contributed by atoms with Crippen LogP contribution in [0.15, 0.2) is 29.4 Å². The van der Waals surface area contributed by atoms with Gasteiger partial charge >= 0.3 is 0 Å². The van der Waals surface area contributed by atoms with Gasteiger partial charge in [-0.05, 0) is 82.7 Å². The Morgan fingerprint density at radius 3 is 2.33 bits per heavy atom. The number of ketones is 1. The maximum Gasteiger partial charge on any atom is 0.191 e. The summed E-state index contributed by atoms with van der Waals surface area (Å²) in [6, 6.07) is 9.09. The molecule has 2 aliphatic rings. The number of thioether (sulfide) groups is 1. The molecule has 5 nitrogen and oxygen atoms in total. The monoisotopic (exact) mass is 420 g/mol. The highest BCUT2D eigenvalue weighted by molar-refractivity contribution is 7.99. The van der Waals surface area contributed by atoms with Crippen LogP contribution in [0.3, 0.4) is 0 Å². The molecule has 0 spiro atoms. The van der Waals surface area contributed by atoms with Gasteiger partial charge in [-0.25, -0.2) is 0 Å². The highest BCUT2D eigenvalue weighted by Crippen LogP contribution is 2.46. The molecular weight excluding hydrogens is 392 g/mol. The molecule has 156 valence electrons. The molecule has 0 aliphatic heterocycles. The number of rotatable bonds is 7. The fraction of sp³-hybridized carbons (Fsp3) is 0.458. The minimum atomic E-state index is 0.155. The lowest BCUT2D eigenvalue weighted by molar-refractivity contribution is 0.102. The minimum Gasteiger partial charge on any atom is -0.318 e. The molecule has 6 heteroatoms. The van der Waals surface area contributed by atoms with Crippen LogP contribution in [0.25, 0.3) is 5.69 Å². The van der Waals surface area contributed by atoms with Crippen molar-refractivity contribution in [1.29, 1.82) is 0 Å². The van der Waals surface area contributed by atoms with E-state index in [2.05, 4.69) is 58.3 Å². The molecular formula is C24H28N4OS. The fourth-order valence-corrected chi connectivity index (χ4v) is 5.31. The zero-order chi connectivity index (χ0) is 21.0. The number of aryl methyl sites for hydroxylation is 3. The molecule has 2 heterocycles.